The van der Waals surface area contributed by atoms with Gasteiger partial charge in [-0.2, -0.15) is 23.4 Å². The van der Waals surface area contributed by atoms with Crippen molar-refractivity contribution in [3.05, 3.63) is 83.6 Å². The molecule has 0 spiro atoms. The highest BCUT2D eigenvalue weighted by atomic mass is 19.4. The predicted octanol–water partition coefficient (Wildman–Crippen LogP) is 3.24. The number of anilines is 1. The van der Waals surface area contributed by atoms with E-state index in [1.165, 1.54) is 31.4 Å². The lowest BCUT2D eigenvalue weighted by atomic mass is 10.1. The number of rotatable bonds is 4. The third-order valence-corrected chi connectivity index (χ3v) is 6.10. The Morgan fingerprint density at radius 1 is 1.05 bits per heavy atom. The number of nitrogens with two attached hydrogens (primary N) is 1. The fourth-order valence-corrected chi connectivity index (χ4v) is 4.08. The second kappa shape index (κ2) is 9.63. The number of carbonyl (C=O) groups excluding carboxylic acids is 2. The van der Waals surface area contributed by atoms with Crippen LogP contribution in [0.3, 0.4) is 0 Å². The predicted molar refractivity (Wildman–Crippen MR) is 134 cm³/mol. The highest BCUT2D eigenvalue weighted by Crippen LogP contribution is 2.30. The van der Waals surface area contributed by atoms with Crippen molar-refractivity contribution < 1.29 is 22.8 Å². The summed E-state index contributed by atoms with van der Waals surface area (Å²) in [6, 6.07) is 9.69. The quantitative estimate of drug-likeness (QED) is 0.347. The summed E-state index contributed by atoms with van der Waals surface area (Å²) < 4.78 is 40.7. The van der Waals surface area contributed by atoms with E-state index in [9.17, 15) is 22.8 Å². The third-order valence-electron chi connectivity index (χ3n) is 6.10. The molecule has 39 heavy (non-hydrogen) atoms. The number of aryl methyl sites for hydroxylation is 1. The molecule has 0 aliphatic carbocycles. The summed E-state index contributed by atoms with van der Waals surface area (Å²) in [6.07, 6.45) is -0.935. The van der Waals surface area contributed by atoms with E-state index in [2.05, 4.69) is 25.3 Å². The van der Waals surface area contributed by atoms with Crippen LogP contribution in [0.15, 0.2) is 61.1 Å². The number of benzene rings is 1. The van der Waals surface area contributed by atoms with Crippen LogP contribution in [0.5, 0.6) is 0 Å². The van der Waals surface area contributed by atoms with Gasteiger partial charge in [-0.15, -0.1) is 5.10 Å². The second-order valence-electron chi connectivity index (χ2n) is 8.60. The highest BCUT2D eigenvalue weighted by Gasteiger charge is 2.31. The molecule has 5 aromatic rings. The smallest absolute Gasteiger partial charge is 0.383 e. The zero-order valence-corrected chi connectivity index (χ0v) is 20.6. The molecule has 4 aromatic heterocycles. The van der Waals surface area contributed by atoms with Crippen LogP contribution in [0.2, 0.25) is 0 Å². The third kappa shape index (κ3) is 4.79. The van der Waals surface area contributed by atoms with Crippen molar-refractivity contribution in [1.29, 1.82) is 0 Å². The van der Waals surface area contributed by atoms with Crippen molar-refractivity contribution in [3.63, 3.8) is 0 Å². The summed E-state index contributed by atoms with van der Waals surface area (Å²) >= 11 is 0. The molecule has 198 valence electrons. The van der Waals surface area contributed by atoms with Gasteiger partial charge >= 0.3 is 6.18 Å². The lowest BCUT2D eigenvalue weighted by molar-refractivity contribution is -0.137. The number of pyridine rings is 2. The van der Waals surface area contributed by atoms with Crippen LogP contribution in [0.4, 0.5) is 19.0 Å². The maximum absolute atomic E-state index is 13.8. The molecule has 1 aromatic carbocycles. The topological polar surface area (TPSA) is 136 Å². The lowest BCUT2D eigenvalue weighted by Crippen LogP contribution is -2.47. The van der Waals surface area contributed by atoms with Crippen LogP contribution >= 0.6 is 0 Å². The van der Waals surface area contributed by atoms with Crippen LogP contribution in [0.25, 0.3) is 21.8 Å². The molecule has 0 fully saturated rings. The summed E-state index contributed by atoms with van der Waals surface area (Å²) in [4.78, 5) is 35.2. The number of aromatic nitrogens is 6. The first kappa shape index (κ1) is 25.5. The van der Waals surface area contributed by atoms with Gasteiger partial charge in [0.2, 0.25) is 0 Å². The van der Waals surface area contributed by atoms with Gasteiger partial charge < -0.3 is 5.73 Å². The first-order chi connectivity index (χ1) is 18.5. The zero-order valence-electron chi connectivity index (χ0n) is 20.6. The van der Waals surface area contributed by atoms with Gasteiger partial charge in [-0.3, -0.25) is 19.3 Å². The van der Waals surface area contributed by atoms with Crippen LogP contribution in [0.1, 0.15) is 32.1 Å². The molecule has 14 heteroatoms. The molecule has 0 saturated carbocycles. The fourth-order valence-electron chi connectivity index (χ4n) is 4.08. The molecule has 0 atom stereocenters. The number of nitrogens with zero attached hydrogens (tertiary/aromatic N) is 8. The average molecular weight is 535 g/mol. The van der Waals surface area contributed by atoms with Crippen molar-refractivity contribution in [2.75, 3.05) is 12.8 Å². The van der Waals surface area contributed by atoms with Gasteiger partial charge in [-0.1, -0.05) is 0 Å². The van der Waals surface area contributed by atoms with Crippen molar-refractivity contribution in [1.82, 2.24) is 40.0 Å². The average Bonchev–Trinajstić information content (AvgIpc) is 3.33. The van der Waals surface area contributed by atoms with Gasteiger partial charge in [0.15, 0.2) is 5.69 Å². The van der Waals surface area contributed by atoms with E-state index >= 15 is 0 Å². The zero-order chi connectivity index (χ0) is 27.9. The first-order valence-electron chi connectivity index (χ1n) is 11.4. The first-order valence-corrected chi connectivity index (χ1v) is 11.4. The largest absolute Gasteiger partial charge is 0.417 e. The van der Waals surface area contributed by atoms with E-state index in [0.717, 1.165) is 22.2 Å². The number of hydrogen-bond acceptors (Lipinski definition) is 8. The Morgan fingerprint density at radius 3 is 2.51 bits per heavy atom. The molecular weight excluding hydrogens is 515 g/mol. The van der Waals surface area contributed by atoms with Crippen molar-refractivity contribution >= 4 is 39.4 Å². The maximum Gasteiger partial charge on any atom is 0.417 e. The van der Waals surface area contributed by atoms with Crippen molar-refractivity contribution in [3.8, 4) is 0 Å². The van der Waals surface area contributed by atoms with Crippen LogP contribution < -0.4 is 5.73 Å². The molecule has 0 unspecified atom stereocenters. The molecule has 0 aliphatic rings. The minimum atomic E-state index is -4.57. The number of fused-ring (bicyclic) bond motifs is 3. The Morgan fingerprint density at radius 2 is 1.85 bits per heavy atom. The minimum absolute atomic E-state index is 0.0343. The highest BCUT2D eigenvalue weighted by molar-refractivity contribution is 6.10. The summed E-state index contributed by atoms with van der Waals surface area (Å²) in [5, 5.41) is 15.0. The van der Waals surface area contributed by atoms with Gasteiger partial charge in [0, 0.05) is 37.4 Å². The molecule has 11 nitrogen and oxygen atoms in total. The Kier molecular flexibility index (Phi) is 6.30. The number of alkyl halides is 3. The number of halogens is 3. The van der Waals surface area contributed by atoms with Crippen LogP contribution in [0, 0.1) is 0 Å². The molecule has 4 heterocycles. The Hall–Kier alpha value is -5.14. The van der Waals surface area contributed by atoms with Crippen LogP contribution in [-0.2, 0) is 19.8 Å². The Labute approximate surface area is 218 Å². The molecule has 0 bridgehead atoms. The summed E-state index contributed by atoms with van der Waals surface area (Å²) in [5.74, 6) is -0.993. The van der Waals surface area contributed by atoms with E-state index in [1.54, 1.807) is 30.1 Å². The van der Waals surface area contributed by atoms with Gasteiger partial charge in [0.25, 0.3) is 11.8 Å². The van der Waals surface area contributed by atoms with Gasteiger partial charge in [-0.05, 0) is 42.5 Å². The molecule has 0 saturated heterocycles. The van der Waals surface area contributed by atoms with Crippen LogP contribution in [-0.4, -0.2) is 58.8 Å². The maximum atomic E-state index is 13.8. The van der Waals surface area contributed by atoms with E-state index in [-0.39, 0.29) is 29.3 Å². The normalized spacial score (nSPS) is 11.6. The molecule has 2 N–H and O–H groups in total. The Bertz CT molecular complexity index is 1700. The Balaban J connectivity index is 1.56. The number of hydrogen-bond donors (Lipinski definition) is 1. The molecular formula is C25H20F3N9O2. The monoisotopic (exact) mass is 535 g/mol. The van der Waals surface area contributed by atoms with Crippen molar-refractivity contribution in [2.24, 2.45) is 7.05 Å². The number of hydrazine groups is 1. The van der Waals surface area contributed by atoms with Gasteiger partial charge in [-0.25, -0.2) is 15.0 Å². The van der Waals surface area contributed by atoms with Gasteiger partial charge in [0.1, 0.15) is 5.82 Å². The van der Waals surface area contributed by atoms with E-state index < -0.39 is 23.6 Å². The molecule has 0 aliphatic heterocycles. The standard InChI is InChI=1S/C25H20F3N9O2/c1-35-21-17-10-14(5-8-19(17)33-22(29)18(21)12-32-35)23(38)37(36(2)24(39)20-4-3-9-31-34-20)13-16-7-6-15(11-30-16)25(26,27)28/h3-12H,13H2,1-2H3,(H2,29,33). The van der Waals surface area contributed by atoms with E-state index in [0.29, 0.717) is 28.0 Å². The number of amides is 2. The van der Waals surface area contributed by atoms with E-state index in [4.69, 9.17) is 5.73 Å². The van der Waals surface area contributed by atoms with Crippen molar-refractivity contribution in [2.45, 2.75) is 12.7 Å². The molecule has 5 rings (SSSR count). The SMILES string of the molecule is CN(C(=O)c1cccnn1)N(Cc1ccc(C(F)(F)F)cn1)C(=O)c1ccc2nc(N)c3cnn(C)c3c2c1. The number of carbonyl (C=O) groups is 2. The number of nitrogen functional groups attached to an aromatic ring is 1. The second-order valence-corrected chi connectivity index (χ2v) is 8.60. The van der Waals surface area contributed by atoms with E-state index in [1.807, 2.05) is 0 Å². The van der Waals surface area contributed by atoms with Gasteiger partial charge in [0.05, 0.1) is 40.4 Å². The molecule has 2 amide bonds. The lowest BCUT2D eigenvalue weighted by Gasteiger charge is -2.31. The summed E-state index contributed by atoms with van der Waals surface area (Å²) in [7, 11) is 3.08. The summed E-state index contributed by atoms with van der Waals surface area (Å²) in [6.45, 7) is -0.307. The summed E-state index contributed by atoms with van der Waals surface area (Å²) in [5.41, 5.74) is 6.59. The fraction of sp³-hybridized carbons (Fsp3) is 0.160. The molecule has 0 radical (unpaired) electrons. The minimum Gasteiger partial charge on any atom is -0.383 e.